The molecule has 0 aliphatic rings. The summed E-state index contributed by atoms with van der Waals surface area (Å²) >= 11 is 0. The van der Waals surface area contributed by atoms with Crippen LogP contribution in [0.15, 0.2) is 54.6 Å². The SMILES string of the molecule is CC(=O)NCCNCc1ccc(OC[C@@H](O)c2ccccc2)cc1. The van der Waals surface area contributed by atoms with E-state index in [9.17, 15) is 9.90 Å². The number of carbonyl (C=O) groups excluding carboxylic acids is 1. The van der Waals surface area contributed by atoms with Crippen molar-refractivity contribution < 1.29 is 14.6 Å². The standard InChI is InChI=1S/C19H24N2O3/c1-15(22)21-12-11-20-13-16-7-9-18(10-8-16)24-14-19(23)17-5-3-2-4-6-17/h2-10,19-20,23H,11-14H2,1H3,(H,21,22)/t19-/m1/s1. The van der Waals surface area contributed by atoms with Gasteiger partial charge in [0.15, 0.2) is 0 Å². The van der Waals surface area contributed by atoms with E-state index in [1.165, 1.54) is 6.92 Å². The smallest absolute Gasteiger partial charge is 0.216 e. The Bertz CT molecular complexity index is 614. The minimum absolute atomic E-state index is 0.0176. The number of nitrogens with one attached hydrogen (secondary N) is 2. The van der Waals surface area contributed by atoms with E-state index in [2.05, 4.69) is 10.6 Å². The van der Waals surface area contributed by atoms with E-state index >= 15 is 0 Å². The van der Waals surface area contributed by atoms with Gasteiger partial charge >= 0.3 is 0 Å². The summed E-state index contributed by atoms with van der Waals surface area (Å²) in [5.74, 6) is 0.711. The first kappa shape index (κ1) is 18.0. The third-order valence-electron chi connectivity index (χ3n) is 3.52. The highest BCUT2D eigenvalue weighted by atomic mass is 16.5. The molecule has 2 rings (SSSR count). The predicted molar refractivity (Wildman–Crippen MR) is 93.7 cm³/mol. The molecular formula is C19H24N2O3. The number of hydrogen-bond donors (Lipinski definition) is 3. The Balaban J connectivity index is 1.71. The summed E-state index contributed by atoms with van der Waals surface area (Å²) in [4.78, 5) is 10.7. The van der Waals surface area contributed by atoms with Gasteiger partial charge in [-0.2, -0.15) is 0 Å². The number of benzene rings is 2. The Kier molecular flexibility index (Phi) is 7.26. The first-order chi connectivity index (χ1) is 11.6. The molecule has 1 amide bonds. The second kappa shape index (κ2) is 9.70. The van der Waals surface area contributed by atoms with Gasteiger partial charge < -0.3 is 20.5 Å². The number of hydrogen-bond acceptors (Lipinski definition) is 4. The van der Waals surface area contributed by atoms with Crippen molar-refractivity contribution in [2.45, 2.75) is 19.6 Å². The second-order valence-electron chi connectivity index (χ2n) is 5.54. The minimum atomic E-state index is -0.638. The van der Waals surface area contributed by atoms with Crippen LogP contribution in [0.3, 0.4) is 0 Å². The number of amides is 1. The number of carbonyl (C=O) groups is 1. The lowest BCUT2D eigenvalue weighted by Gasteiger charge is -2.13. The quantitative estimate of drug-likeness (QED) is 0.616. The molecule has 2 aromatic carbocycles. The largest absolute Gasteiger partial charge is 0.491 e. The fourth-order valence-corrected chi connectivity index (χ4v) is 2.21. The van der Waals surface area contributed by atoms with Crippen molar-refractivity contribution in [3.63, 3.8) is 0 Å². The normalized spacial score (nSPS) is 11.8. The average Bonchev–Trinajstić information content (AvgIpc) is 2.61. The fraction of sp³-hybridized carbons (Fsp3) is 0.316. The maximum Gasteiger partial charge on any atom is 0.216 e. The summed E-state index contributed by atoms with van der Waals surface area (Å²) in [6.07, 6.45) is -0.638. The highest BCUT2D eigenvalue weighted by molar-refractivity contribution is 5.72. The molecule has 0 saturated carbocycles. The Labute approximate surface area is 142 Å². The van der Waals surface area contributed by atoms with E-state index in [0.29, 0.717) is 6.54 Å². The molecule has 0 aromatic heterocycles. The van der Waals surface area contributed by atoms with Crippen molar-refractivity contribution in [2.24, 2.45) is 0 Å². The maximum absolute atomic E-state index is 10.7. The lowest BCUT2D eigenvalue weighted by Crippen LogP contribution is -2.29. The second-order valence-corrected chi connectivity index (χ2v) is 5.54. The van der Waals surface area contributed by atoms with Crippen molar-refractivity contribution in [2.75, 3.05) is 19.7 Å². The first-order valence-corrected chi connectivity index (χ1v) is 8.05. The molecule has 0 saturated heterocycles. The van der Waals surface area contributed by atoms with Crippen molar-refractivity contribution in [3.05, 3.63) is 65.7 Å². The maximum atomic E-state index is 10.7. The minimum Gasteiger partial charge on any atom is -0.491 e. The van der Waals surface area contributed by atoms with Gasteiger partial charge in [0.25, 0.3) is 0 Å². The van der Waals surface area contributed by atoms with E-state index < -0.39 is 6.10 Å². The number of ether oxygens (including phenoxy) is 1. The van der Waals surface area contributed by atoms with Gasteiger partial charge in [0.2, 0.25) is 5.91 Å². The molecule has 0 aliphatic carbocycles. The molecule has 0 fully saturated rings. The van der Waals surface area contributed by atoms with Crippen LogP contribution in [-0.4, -0.2) is 30.7 Å². The van der Waals surface area contributed by atoms with E-state index in [0.717, 1.165) is 30.0 Å². The third kappa shape index (κ3) is 6.40. The van der Waals surface area contributed by atoms with Crippen LogP contribution in [0.2, 0.25) is 0 Å². The fourth-order valence-electron chi connectivity index (χ4n) is 2.21. The van der Waals surface area contributed by atoms with Gasteiger partial charge in [0.1, 0.15) is 18.5 Å². The third-order valence-corrected chi connectivity index (χ3v) is 3.52. The van der Waals surface area contributed by atoms with Crippen molar-refractivity contribution in [3.8, 4) is 5.75 Å². The van der Waals surface area contributed by atoms with Gasteiger partial charge in [-0.25, -0.2) is 0 Å². The molecular weight excluding hydrogens is 304 g/mol. The van der Waals surface area contributed by atoms with Crippen LogP contribution in [-0.2, 0) is 11.3 Å². The molecule has 0 heterocycles. The summed E-state index contributed by atoms with van der Waals surface area (Å²) in [6, 6.07) is 17.2. The molecule has 1 atom stereocenters. The number of aliphatic hydroxyl groups excluding tert-OH is 1. The average molecular weight is 328 g/mol. The molecule has 0 spiro atoms. The molecule has 5 nitrogen and oxygen atoms in total. The van der Waals surface area contributed by atoms with Crippen LogP contribution in [0.4, 0.5) is 0 Å². The highest BCUT2D eigenvalue weighted by Gasteiger charge is 2.07. The highest BCUT2D eigenvalue weighted by Crippen LogP contribution is 2.16. The summed E-state index contributed by atoms with van der Waals surface area (Å²) in [5.41, 5.74) is 1.98. The Morgan fingerprint density at radius 3 is 2.46 bits per heavy atom. The van der Waals surface area contributed by atoms with Crippen LogP contribution in [0.1, 0.15) is 24.2 Å². The van der Waals surface area contributed by atoms with Crippen LogP contribution >= 0.6 is 0 Å². The number of rotatable bonds is 9. The monoisotopic (exact) mass is 328 g/mol. The van der Waals surface area contributed by atoms with E-state index in [4.69, 9.17) is 4.74 Å². The zero-order valence-corrected chi connectivity index (χ0v) is 13.9. The van der Waals surface area contributed by atoms with Crippen molar-refractivity contribution >= 4 is 5.91 Å². The van der Waals surface area contributed by atoms with E-state index in [-0.39, 0.29) is 12.5 Å². The van der Waals surface area contributed by atoms with Crippen molar-refractivity contribution in [1.29, 1.82) is 0 Å². The van der Waals surface area contributed by atoms with Gasteiger partial charge in [-0.3, -0.25) is 4.79 Å². The topological polar surface area (TPSA) is 70.6 Å². The lowest BCUT2D eigenvalue weighted by molar-refractivity contribution is -0.118. The lowest BCUT2D eigenvalue weighted by atomic mass is 10.1. The summed E-state index contributed by atoms with van der Waals surface area (Å²) < 4.78 is 5.63. The molecule has 0 unspecified atom stereocenters. The Hall–Kier alpha value is -2.37. The van der Waals surface area contributed by atoms with Crippen LogP contribution < -0.4 is 15.4 Å². The van der Waals surface area contributed by atoms with Gasteiger partial charge in [-0.1, -0.05) is 42.5 Å². The molecule has 0 radical (unpaired) electrons. The molecule has 5 heteroatoms. The van der Waals surface area contributed by atoms with Crippen molar-refractivity contribution in [1.82, 2.24) is 10.6 Å². The van der Waals surface area contributed by atoms with Crippen LogP contribution in [0, 0.1) is 0 Å². The molecule has 128 valence electrons. The summed E-state index contributed by atoms with van der Waals surface area (Å²) in [5, 5.41) is 16.1. The molecule has 24 heavy (non-hydrogen) atoms. The van der Waals surface area contributed by atoms with Gasteiger partial charge in [-0.05, 0) is 23.3 Å². The summed E-state index contributed by atoms with van der Waals surface area (Å²) in [6.45, 7) is 3.80. The Morgan fingerprint density at radius 1 is 1.08 bits per heavy atom. The predicted octanol–water partition coefficient (Wildman–Crippen LogP) is 2.02. The summed E-state index contributed by atoms with van der Waals surface area (Å²) in [7, 11) is 0. The molecule has 0 bridgehead atoms. The molecule has 0 aliphatic heterocycles. The molecule has 3 N–H and O–H groups in total. The zero-order chi connectivity index (χ0) is 17.2. The Morgan fingerprint density at radius 2 is 1.79 bits per heavy atom. The van der Waals surface area contributed by atoms with Gasteiger partial charge in [0.05, 0.1) is 0 Å². The van der Waals surface area contributed by atoms with E-state index in [1.807, 2.05) is 54.6 Å². The van der Waals surface area contributed by atoms with Gasteiger partial charge in [0, 0.05) is 26.6 Å². The van der Waals surface area contributed by atoms with Gasteiger partial charge in [-0.15, -0.1) is 0 Å². The first-order valence-electron chi connectivity index (χ1n) is 8.05. The molecule has 2 aromatic rings. The van der Waals surface area contributed by atoms with E-state index in [1.54, 1.807) is 0 Å². The zero-order valence-electron chi connectivity index (χ0n) is 13.9. The van der Waals surface area contributed by atoms with Crippen LogP contribution in [0.5, 0.6) is 5.75 Å². The van der Waals surface area contributed by atoms with Crippen LogP contribution in [0.25, 0.3) is 0 Å². The number of aliphatic hydroxyl groups is 1.